The zero-order chi connectivity index (χ0) is 13.7. The predicted octanol–water partition coefficient (Wildman–Crippen LogP) is 2.47. The number of hydrogen-bond donors (Lipinski definition) is 1. The first-order valence-electron chi connectivity index (χ1n) is 5.80. The summed E-state index contributed by atoms with van der Waals surface area (Å²) in [4.78, 5) is 11.2. The Bertz CT molecular complexity index is 490. The average molecular weight is 375 g/mol. The summed E-state index contributed by atoms with van der Waals surface area (Å²) in [5.41, 5.74) is 1.11. The number of halogens is 1. The number of fused-ring (bicyclic) bond motifs is 1. The standard InChI is InChI=1S/C13H14INO4/c1-2-5-17-13(16)15-4-3-9-6-11-12(7-10(9)14)19-8-18-11/h2,6-7H,1,3-5,8H2,(H,15,16). The summed E-state index contributed by atoms with van der Waals surface area (Å²) in [5, 5.41) is 2.68. The fourth-order valence-electron chi connectivity index (χ4n) is 1.64. The Morgan fingerprint density at radius 1 is 1.47 bits per heavy atom. The fourth-order valence-corrected chi connectivity index (χ4v) is 2.34. The van der Waals surface area contributed by atoms with Gasteiger partial charge in [-0.25, -0.2) is 4.79 Å². The maximum Gasteiger partial charge on any atom is 0.407 e. The number of ether oxygens (including phenoxy) is 3. The third-order valence-electron chi connectivity index (χ3n) is 2.54. The number of alkyl carbamates (subject to hydrolysis) is 1. The lowest BCUT2D eigenvalue weighted by Gasteiger charge is -2.08. The van der Waals surface area contributed by atoms with Gasteiger partial charge in [0.05, 0.1) is 0 Å². The Kier molecular flexibility index (Phi) is 4.89. The van der Waals surface area contributed by atoms with Crippen LogP contribution in [-0.2, 0) is 11.2 Å². The second-order valence-electron chi connectivity index (χ2n) is 3.86. The van der Waals surface area contributed by atoms with E-state index in [1.807, 2.05) is 12.1 Å². The molecule has 0 bridgehead atoms. The van der Waals surface area contributed by atoms with Crippen molar-refractivity contribution in [3.8, 4) is 11.5 Å². The van der Waals surface area contributed by atoms with Gasteiger partial charge in [-0.15, -0.1) is 0 Å². The molecule has 102 valence electrons. The van der Waals surface area contributed by atoms with Gasteiger partial charge in [-0.05, 0) is 46.7 Å². The first-order valence-corrected chi connectivity index (χ1v) is 6.88. The van der Waals surface area contributed by atoms with Gasteiger partial charge in [0, 0.05) is 10.1 Å². The van der Waals surface area contributed by atoms with Gasteiger partial charge in [0.2, 0.25) is 6.79 Å². The van der Waals surface area contributed by atoms with Crippen LogP contribution in [0.1, 0.15) is 5.56 Å². The topological polar surface area (TPSA) is 56.8 Å². The Balaban J connectivity index is 1.86. The Labute approximate surface area is 125 Å². The van der Waals surface area contributed by atoms with E-state index >= 15 is 0 Å². The summed E-state index contributed by atoms with van der Waals surface area (Å²) in [6.07, 6.45) is 1.80. The molecule has 19 heavy (non-hydrogen) atoms. The number of rotatable bonds is 5. The normalized spacial score (nSPS) is 12.1. The minimum Gasteiger partial charge on any atom is -0.454 e. The molecule has 1 aromatic rings. The second-order valence-corrected chi connectivity index (χ2v) is 5.02. The van der Waals surface area contributed by atoms with E-state index in [-0.39, 0.29) is 13.4 Å². The number of nitrogens with one attached hydrogen (secondary N) is 1. The van der Waals surface area contributed by atoms with Crippen molar-refractivity contribution < 1.29 is 19.0 Å². The van der Waals surface area contributed by atoms with E-state index in [1.165, 1.54) is 6.08 Å². The minimum absolute atomic E-state index is 0.216. The van der Waals surface area contributed by atoms with Crippen LogP contribution in [0.4, 0.5) is 4.79 Å². The third-order valence-corrected chi connectivity index (χ3v) is 3.54. The van der Waals surface area contributed by atoms with Crippen LogP contribution in [0.2, 0.25) is 0 Å². The monoisotopic (exact) mass is 375 g/mol. The van der Waals surface area contributed by atoms with Crippen LogP contribution in [0.5, 0.6) is 11.5 Å². The summed E-state index contributed by atoms with van der Waals surface area (Å²) in [7, 11) is 0. The number of carbonyl (C=O) groups is 1. The van der Waals surface area contributed by atoms with Crippen LogP contribution in [0.15, 0.2) is 24.8 Å². The van der Waals surface area contributed by atoms with Gasteiger partial charge in [-0.3, -0.25) is 0 Å². The molecule has 0 fully saturated rings. The van der Waals surface area contributed by atoms with Crippen molar-refractivity contribution in [2.24, 2.45) is 0 Å². The molecule has 0 spiro atoms. The van der Waals surface area contributed by atoms with Gasteiger partial charge in [-0.1, -0.05) is 12.7 Å². The molecule has 1 N–H and O–H groups in total. The molecule has 0 unspecified atom stereocenters. The summed E-state index contributed by atoms with van der Waals surface area (Å²) < 4.78 is 16.5. The first kappa shape index (κ1) is 14.0. The zero-order valence-corrected chi connectivity index (χ0v) is 12.4. The molecule has 5 nitrogen and oxygen atoms in total. The van der Waals surface area contributed by atoms with E-state index in [9.17, 15) is 4.79 Å². The quantitative estimate of drug-likeness (QED) is 0.635. The molecule has 0 saturated heterocycles. The minimum atomic E-state index is -0.435. The molecule has 1 heterocycles. The van der Waals surface area contributed by atoms with Gasteiger partial charge in [0.15, 0.2) is 11.5 Å². The van der Waals surface area contributed by atoms with Gasteiger partial charge in [0.1, 0.15) is 6.61 Å². The van der Waals surface area contributed by atoms with Gasteiger partial charge in [-0.2, -0.15) is 0 Å². The van der Waals surface area contributed by atoms with E-state index < -0.39 is 6.09 Å². The van der Waals surface area contributed by atoms with E-state index in [0.717, 1.165) is 20.6 Å². The largest absolute Gasteiger partial charge is 0.454 e. The van der Waals surface area contributed by atoms with Crippen LogP contribution < -0.4 is 14.8 Å². The van der Waals surface area contributed by atoms with Crippen LogP contribution in [0, 0.1) is 3.57 Å². The summed E-state index contributed by atoms with van der Waals surface area (Å²) in [6, 6.07) is 3.88. The molecule has 0 aromatic heterocycles. The van der Waals surface area contributed by atoms with Crippen LogP contribution in [0.25, 0.3) is 0 Å². The number of carbonyl (C=O) groups excluding carboxylic acids is 1. The molecule has 1 amide bonds. The van der Waals surface area contributed by atoms with Crippen molar-refractivity contribution in [3.63, 3.8) is 0 Å². The molecule has 0 saturated carbocycles. The van der Waals surface area contributed by atoms with E-state index in [1.54, 1.807) is 0 Å². The highest BCUT2D eigenvalue weighted by Crippen LogP contribution is 2.35. The van der Waals surface area contributed by atoms with E-state index in [0.29, 0.717) is 13.0 Å². The molecule has 2 rings (SSSR count). The summed E-state index contributed by atoms with van der Waals surface area (Å²) >= 11 is 2.24. The maximum absolute atomic E-state index is 11.2. The highest BCUT2D eigenvalue weighted by Gasteiger charge is 2.16. The lowest BCUT2D eigenvalue weighted by molar-refractivity contribution is 0.158. The van der Waals surface area contributed by atoms with Crippen molar-refractivity contribution in [1.29, 1.82) is 0 Å². The Morgan fingerprint density at radius 3 is 2.95 bits per heavy atom. The van der Waals surface area contributed by atoms with Crippen molar-refractivity contribution in [2.45, 2.75) is 6.42 Å². The van der Waals surface area contributed by atoms with Gasteiger partial charge < -0.3 is 19.5 Å². The number of amides is 1. The summed E-state index contributed by atoms with van der Waals surface area (Å²) in [5.74, 6) is 1.52. The molecule has 0 radical (unpaired) electrons. The van der Waals surface area contributed by atoms with Crippen molar-refractivity contribution >= 4 is 28.7 Å². The lowest BCUT2D eigenvalue weighted by Crippen LogP contribution is -2.26. The van der Waals surface area contributed by atoms with Crippen molar-refractivity contribution in [3.05, 3.63) is 33.9 Å². The number of hydrogen-bond acceptors (Lipinski definition) is 4. The van der Waals surface area contributed by atoms with E-state index in [4.69, 9.17) is 14.2 Å². The molecule has 0 aliphatic carbocycles. The lowest BCUT2D eigenvalue weighted by atomic mass is 10.1. The highest BCUT2D eigenvalue weighted by atomic mass is 127. The van der Waals surface area contributed by atoms with Crippen molar-refractivity contribution in [2.75, 3.05) is 19.9 Å². The fraction of sp³-hybridized carbons (Fsp3) is 0.308. The first-order chi connectivity index (χ1) is 9.20. The molecule has 1 aliphatic heterocycles. The van der Waals surface area contributed by atoms with Crippen LogP contribution in [0.3, 0.4) is 0 Å². The maximum atomic E-state index is 11.2. The summed E-state index contributed by atoms with van der Waals surface area (Å²) in [6.45, 7) is 4.46. The van der Waals surface area contributed by atoms with Crippen molar-refractivity contribution in [1.82, 2.24) is 5.32 Å². The second kappa shape index (κ2) is 6.65. The van der Waals surface area contributed by atoms with Crippen LogP contribution >= 0.6 is 22.6 Å². The Hall–Kier alpha value is -1.44. The third kappa shape index (κ3) is 3.76. The predicted molar refractivity (Wildman–Crippen MR) is 78.5 cm³/mol. The molecule has 6 heteroatoms. The molecular formula is C13H14INO4. The van der Waals surface area contributed by atoms with Gasteiger partial charge >= 0.3 is 6.09 Å². The van der Waals surface area contributed by atoms with E-state index in [2.05, 4.69) is 34.5 Å². The Morgan fingerprint density at radius 2 is 2.21 bits per heavy atom. The molecule has 1 aromatic carbocycles. The van der Waals surface area contributed by atoms with Crippen LogP contribution in [-0.4, -0.2) is 26.0 Å². The number of benzene rings is 1. The molecule has 0 atom stereocenters. The highest BCUT2D eigenvalue weighted by molar-refractivity contribution is 14.1. The smallest absolute Gasteiger partial charge is 0.407 e. The zero-order valence-electron chi connectivity index (χ0n) is 10.3. The van der Waals surface area contributed by atoms with Gasteiger partial charge in [0.25, 0.3) is 0 Å². The molecular weight excluding hydrogens is 361 g/mol. The molecule has 1 aliphatic rings. The SMILES string of the molecule is C=CCOC(=O)NCCc1cc2c(cc1I)OCO2. The average Bonchev–Trinajstić information content (AvgIpc) is 2.83.